The van der Waals surface area contributed by atoms with Gasteiger partial charge in [-0.2, -0.15) is 13.2 Å². The summed E-state index contributed by atoms with van der Waals surface area (Å²) >= 11 is 0. The number of rotatable bonds is 2. The molecule has 0 aromatic heterocycles. The number of likely N-dealkylation sites (tertiary alicyclic amines) is 2. The monoisotopic (exact) mass is 350 g/mol. The van der Waals surface area contributed by atoms with Crippen LogP contribution in [0.5, 0.6) is 0 Å². The number of nitrogens with zero attached hydrogens (tertiary/aromatic N) is 2. The zero-order valence-electron chi connectivity index (χ0n) is 13.9. The van der Waals surface area contributed by atoms with Gasteiger partial charge in [0.05, 0.1) is 0 Å². The normalized spacial score (nSPS) is 23.8. The van der Waals surface area contributed by atoms with Gasteiger partial charge in [0, 0.05) is 45.1 Å². The van der Waals surface area contributed by atoms with E-state index in [1.165, 1.54) is 51.7 Å². The number of carboxylic acid groups (broad SMARTS) is 1. The standard InChI is InChI=1S/C14H24N2O.C2HF3O2/c1-12(17)16-7-6-14(11-16)9-15(10-14)8-13-4-2-3-5-13;3-2(4,5)1(6)7/h13H,2-11H2,1H3;(H,6,7). The molecule has 1 amide bonds. The van der Waals surface area contributed by atoms with Gasteiger partial charge in [-0.15, -0.1) is 0 Å². The fourth-order valence-corrected chi connectivity index (χ4v) is 4.05. The second-order valence-electron chi connectivity index (χ2n) is 7.31. The smallest absolute Gasteiger partial charge is 0.475 e. The average molecular weight is 350 g/mol. The maximum atomic E-state index is 11.3. The molecule has 0 unspecified atom stereocenters. The van der Waals surface area contributed by atoms with Crippen molar-refractivity contribution >= 4 is 11.9 Å². The van der Waals surface area contributed by atoms with Crippen molar-refractivity contribution in [3.05, 3.63) is 0 Å². The number of alkyl halides is 3. The zero-order valence-corrected chi connectivity index (χ0v) is 13.9. The van der Waals surface area contributed by atoms with Crippen LogP contribution in [0, 0.1) is 11.3 Å². The molecule has 2 heterocycles. The van der Waals surface area contributed by atoms with E-state index in [4.69, 9.17) is 9.90 Å². The molecular formula is C16H25F3N2O3. The van der Waals surface area contributed by atoms with E-state index < -0.39 is 12.1 Å². The minimum absolute atomic E-state index is 0.260. The van der Waals surface area contributed by atoms with Gasteiger partial charge in [0.25, 0.3) is 0 Å². The molecule has 0 bridgehead atoms. The van der Waals surface area contributed by atoms with Crippen LogP contribution in [-0.2, 0) is 9.59 Å². The topological polar surface area (TPSA) is 60.9 Å². The third-order valence-corrected chi connectivity index (χ3v) is 5.24. The predicted octanol–water partition coefficient (Wildman–Crippen LogP) is 2.36. The van der Waals surface area contributed by atoms with Crippen LogP contribution >= 0.6 is 0 Å². The number of carboxylic acids is 1. The zero-order chi connectivity index (χ0) is 18.0. The second kappa shape index (κ2) is 7.29. The SMILES string of the molecule is CC(=O)N1CCC2(CN(CC3CCCC3)C2)C1.O=C(O)C(F)(F)F. The van der Waals surface area contributed by atoms with Gasteiger partial charge in [-0.25, -0.2) is 4.79 Å². The van der Waals surface area contributed by atoms with E-state index in [0.29, 0.717) is 5.41 Å². The molecular weight excluding hydrogens is 325 g/mol. The third kappa shape index (κ3) is 4.84. The van der Waals surface area contributed by atoms with Crippen molar-refractivity contribution in [3.8, 4) is 0 Å². The molecule has 0 aromatic rings. The van der Waals surface area contributed by atoms with Crippen LogP contribution in [-0.4, -0.2) is 65.7 Å². The lowest BCUT2D eigenvalue weighted by molar-refractivity contribution is -0.192. The fourth-order valence-electron chi connectivity index (χ4n) is 4.05. The second-order valence-corrected chi connectivity index (χ2v) is 7.31. The Labute approximate surface area is 139 Å². The van der Waals surface area contributed by atoms with Crippen LogP contribution in [0.3, 0.4) is 0 Å². The Morgan fingerprint density at radius 3 is 2.12 bits per heavy atom. The van der Waals surface area contributed by atoms with Gasteiger partial charge in [0.1, 0.15) is 0 Å². The van der Waals surface area contributed by atoms with Gasteiger partial charge >= 0.3 is 12.1 Å². The Bertz CT molecular complexity index is 470. The predicted molar refractivity (Wildman–Crippen MR) is 81.4 cm³/mol. The lowest BCUT2D eigenvalue weighted by Gasteiger charge is -2.49. The molecule has 2 saturated heterocycles. The van der Waals surface area contributed by atoms with Crippen molar-refractivity contribution in [1.29, 1.82) is 0 Å². The quantitative estimate of drug-likeness (QED) is 0.831. The Morgan fingerprint density at radius 2 is 1.71 bits per heavy atom. The summed E-state index contributed by atoms with van der Waals surface area (Å²) in [6, 6.07) is 0. The van der Waals surface area contributed by atoms with Crippen molar-refractivity contribution < 1.29 is 27.9 Å². The van der Waals surface area contributed by atoms with Gasteiger partial charge in [0.15, 0.2) is 0 Å². The summed E-state index contributed by atoms with van der Waals surface area (Å²) < 4.78 is 31.7. The molecule has 8 heteroatoms. The first-order valence-electron chi connectivity index (χ1n) is 8.39. The van der Waals surface area contributed by atoms with Gasteiger partial charge in [-0.05, 0) is 25.2 Å². The molecule has 0 radical (unpaired) electrons. The van der Waals surface area contributed by atoms with E-state index >= 15 is 0 Å². The van der Waals surface area contributed by atoms with Crippen molar-refractivity contribution in [2.45, 2.75) is 45.2 Å². The summed E-state index contributed by atoms with van der Waals surface area (Å²) in [7, 11) is 0. The number of aliphatic carboxylic acids is 1. The number of hydrogen-bond donors (Lipinski definition) is 1. The number of hydrogen-bond acceptors (Lipinski definition) is 3. The highest BCUT2D eigenvalue weighted by Gasteiger charge is 2.48. The first kappa shape index (κ1) is 19.0. The molecule has 1 N–H and O–H groups in total. The first-order chi connectivity index (χ1) is 11.1. The van der Waals surface area contributed by atoms with Gasteiger partial charge in [-0.1, -0.05) is 12.8 Å². The molecule has 0 aromatic carbocycles. The highest BCUT2D eigenvalue weighted by molar-refractivity contribution is 5.73. The minimum atomic E-state index is -5.08. The molecule has 24 heavy (non-hydrogen) atoms. The maximum absolute atomic E-state index is 11.3. The Hall–Kier alpha value is -1.31. The number of carbonyl (C=O) groups excluding carboxylic acids is 1. The van der Waals surface area contributed by atoms with Crippen molar-refractivity contribution in [1.82, 2.24) is 9.80 Å². The molecule has 2 aliphatic heterocycles. The summed E-state index contributed by atoms with van der Waals surface area (Å²) in [5.41, 5.74) is 0.476. The molecule has 138 valence electrons. The summed E-state index contributed by atoms with van der Waals surface area (Å²) in [5.74, 6) is -1.53. The average Bonchev–Trinajstić information content (AvgIpc) is 3.07. The molecule has 3 fully saturated rings. The maximum Gasteiger partial charge on any atom is 0.490 e. The molecule has 1 spiro atoms. The summed E-state index contributed by atoms with van der Waals surface area (Å²) in [5, 5.41) is 7.12. The van der Waals surface area contributed by atoms with E-state index in [2.05, 4.69) is 4.90 Å². The fraction of sp³-hybridized carbons (Fsp3) is 0.875. The van der Waals surface area contributed by atoms with E-state index in [1.54, 1.807) is 6.92 Å². The number of halogens is 3. The Morgan fingerprint density at radius 1 is 1.17 bits per heavy atom. The van der Waals surface area contributed by atoms with Crippen molar-refractivity contribution in [3.63, 3.8) is 0 Å². The van der Waals surface area contributed by atoms with Crippen LogP contribution in [0.15, 0.2) is 0 Å². The minimum Gasteiger partial charge on any atom is -0.475 e. The van der Waals surface area contributed by atoms with Gasteiger partial charge < -0.3 is 14.9 Å². The molecule has 1 saturated carbocycles. The molecule has 3 aliphatic rings. The Balaban J connectivity index is 0.000000256. The molecule has 3 rings (SSSR count). The lowest BCUT2D eigenvalue weighted by atomic mass is 9.78. The molecule has 0 atom stereocenters. The van der Waals surface area contributed by atoms with Gasteiger partial charge in [0.2, 0.25) is 5.91 Å². The first-order valence-corrected chi connectivity index (χ1v) is 8.39. The molecule has 1 aliphatic carbocycles. The third-order valence-electron chi connectivity index (χ3n) is 5.24. The summed E-state index contributed by atoms with van der Waals surface area (Å²) in [6.07, 6.45) is 1.93. The van der Waals surface area contributed by atoms with Crippen LogP contribution < -0.4 is 0 Å². The summed E-state index contributed by atoms with van der Waals surface area (Å²) in [6.45, 7) is 7.52. The van der Waals surface area contributed by atoms with Crippen LogP contribution in [0.25, 0.3) is 0 Å². The van der Waals surface area contributed by atoms with Crippen LogP contribution in [0.2, 0.25) is 0 Å². The summed E-state index contributed by atoms with van der Waals surface area (Å²) in [4.78, 5) is 24.9. The van der Waals surface area contributed by atoms with Crippen LogP contribution in [0.4, 0.5) is 13.2 Å². The van der Waals surface area contributed by atoms with Crippen molar-refractivity contribution in [2.75, 3.05) is 32.7 Å². The van der Waals surface area contributed by atoms with E-state index in [0.717, 1.165) is 19.0 Å². The number of carbonyl (C=O) groups is 2. The van der Waals surface area contributed by atoms with E-state index in [1.807, 2.05) is 4.90 Å². The lowest BCUT2D eigenvalue weighted by Crippen LogP contribution is -2.58. The van der Waals surface area contributed by atoms with Gasteiger partial charge in [-0.3, -0.25) is 4.79 Å². The number of amides is 1. The van der Waals surface area contributed by atoms with Crippen LogP contribution in [0.1, 0.15) is 39.0 Å². The van der Waals surface area contributed by atoms with E-state index in [-0.39, 0.29) is 5.91 Å². The van der Waals surface area contributed by atoms with E-state index in [9.17, 15) is 18.0 Å². The largest absolute Gasteiger partial charge is 0.490 e. The highest BCUT2D eigenvalue weighted by atomic mass is 19.4. The molecule has 5 nitrogen and oxygen atoms in total. The Kier molecular flexibility index (Phi) is 5.78. The van der Waals surface area contributed by atoms with Crippen molar-refractivity contribution in [2.24, 2.45) is 11.3 Å². The highest BCUT2D eigenvalue weighted by Crippen LogP contribution is 2.40.